The number of carbonyl (C=O) groups is 1. The van der Waals surface area contributed by atoms with E-state index in [9.17, 15) is 35.5 Å². The highest BCUT2D eigenvalue weighted by atomic mass is 19.3. The molecule has 19 heavy (non-hydrogen) atoms. The summed E-state index contributed by atoms with van der Waals surface area (Å²) in [6.07, 6.45) is -7.22. The molecule has 0 saturated carbocycles. The molecule has 0 aliphatic heterocycles. The Hall–Kier alpha value is -1.06. The van der Waals surface area contributed by atoms with Gasteiger partial charge in [0.1, 0.15) is 0 Å². The molecule has 0 saturated heterocycles. The molecule has 0 aliphatic carbocycles. The zero-order valence-electron chi connectivity index (χ0n) is 9.83. The van der Waals surface area contributed by atoms with E-state index in [4.69, 9.17) is 0 Å². The Morgan fingerprint density at radius 3 is 2.05 bits per heavy atom. The molecule has 0 heterocycles. The second kappa shape index (κ2) is 6.92. The summed E-state index contributed by atoms with van der Waals surface area (Å²) in [5.74, 6) is -1.85. The van der Waals surface area contributed by atoms with Crippen LogP contribution in [0.4, 0.5) is 30.7 Å². The van der Waals surface area contributed by atoms with Crippen LogP contribution >= 0.6 is 0 Å². The lowest BCUT2D eigenvalue weighted by atomic mass is 10.2. The normalized spacial score (nSPS) is 14.6. The van der Waals surface area contributed by atoms with Gasteiger partial charge in [0.2, 0.25) is 0 Å². The molecule has 0 bridgehead atoms. The van der Waals surface area contributed by atoms with E-state index in [0.29, 0.717) is 12.8 Å². The predicted octanol–water partition coefficient (Wildman–Crippen LogP) is 2.28. The van der Waals surface area contributed by atoms with E-state index in [1.54, 1.807) is 12.2 Å². The lowest BCUT2D eigenvalue weighted by Crippen LogP contribution is -2.60. The smallest absolute Gasteiger partial charge is 0.353 e. The summed E-state index contributed by atoms with van der Waals surface area (Å²) in [7, 11) is 0. The van der Waals surface area contributed by atoms with Crippen LogP contribution in [0.15, 0.2) is 0 Å². The highest BCUT2D eigenvalue weighted by Gasteiger charge is 2.55. The third-order valence-electron chi connectivity index (χ3n) is 1.99. The molecular weight excluding hydrogens is 285 g/mol. The Labute approximate surface area is 104 Å². The third kappa shape index (κ3) is 5.62. The first kappa shape index (κ1) is 17.9. The number of hydrogen-bond donors (Lipinski definition) is 2. The van der Waals surface area contributed by atoms with E-state index in [1.807, 2.05) is 0 Å². The minimum Gasteiger partial charge on any atom is -0.353 e. The van der Waals surface area contributed by atoms with Crippen LogP contribution < -0.4 is 10.6 Å². The van der Waals surface area contributed by atoms with Crippen molar-refractivity contribution in [3.63, 3.8) is 0 Å². The van der Waals surface area contributed by atoms with E-state index >= 15 is 0 Å². The van der Waals surface area contributed by atoms with E-state index in [-0.39, 0.29) is 11.9 Å². The molecule has 114 valence electrons. The fourth-order valence-corrected chi connectivity index (χ4v) is 0.983. The lowest BCUT2D eigenvalue weighted by molar-refractivity contribution is -0.224. The van der Waals surface area contributed by atoms with Gasteiger partial charge in [-0.2, -0.15) is 22.9 Å². The molecule has 0 aromatic carbocycles. The second-order valence-electron chi connectivity index (χ2n) is 3.68. The molecule has 10 heteroatoms. The average molecular weight is 298 g/mol. The largest absolute Gasteiger partial charge is 0.367 e. The summed E-state index contributed by atoms with van der Waals surface area (Å²) in [6.45, 7) is 1.58. The fraction of sp³-hybridized carbons (Fsp3) is 0.889. The first-order valence-corrected chi connectivity index (χ1v) is 5.29. The van der Waals surface area contributed by atoms with Gasteiger partial charge in [-0.05, 0) is 6.42 Å². The molecule has 0 aliphatic rings. The number of amides is 1. The van der Waals surface area contributed by atoms with Gasteiger partial charge in [0.15, 0.2) is 0 Å². The zero-order chi connectivity index (χ0) is 15.3. The van der Waals surface area contributed by atoms with Crippen LogP contribution in [0, 0.1) is 0 Å². The Morgan fingerprint density at radius 2 is 1.63 bits per heavy atom. The minimum absolute atomic E-state index is 0.128. The van der Waals surface area contributed by atoms with Crippen LogP contribution in [0.5, 0.6) is 0 Å². The van der Waals surface area contributed by atoms with Crippen molar-refractivity contribution >= 4 is 5.91 Å². The van der Waals surface area contributed by atoms with Crippen molar-refractivity contribution in [3.05, 3.63) is 0 Å². The van der Waals surface area contributed by atoms with Gasteiger partial charge < -0.3 is 5.32 Å². The third-order valence-corrected chi connectivity index (χ3v) is 1.99. The number of alkyl halides is 7. The zero-order valence-corrected chi connectivity index (χ0v) is 9.83. The van der Waals surface area contributed by atoms with E-state index in [0.717, 1.165) is 0 Å². The van der Waals surface area contributed by atoms with Gasteiger partial charge in [-0.3, -0.25) is 4.79 Å². The van der Waals surface area contributed by atoms with Crippen molar-refractivity contribution in [1.29, 1.82) is 0 Å². The van der Waals surface area contributed by atoms with E-state index < -0.39 is 30.6 Å². The molecule has 0 spiro atoms. The van der Waals surface area contributed by atoms with Gasteiger partial charge in [0, 0.05) is 6.54 Å². The van der Waals surface area contributed by atoms with Crippen molar-refractivity contribution in [2.75, 3.05) is 6.54 Å². The molecule has 1 unspecified atom stereocenters. The number of carbonyl (C=O) groups excluding carboxylic acids is 1. The summed E-state index contributed by atoms with van der Waals surface area (Å²) in [4.78, 5) is 10.9. The summed E-state index contributed by atoms with van der Waals surface area (Å²) in [5, 5.41) is 1.59. The lowest BCUT2D eigenvalue weighted by Gasteiger charge is -2.26. The highest BCUT2D eigenvalue weighted by molar-refractivity contribution is 5.81. The van der Waals surface area contributed by atoms with Gasteiger partial charge >= 0.3 is 18.5 Å². The van der Waals surface area contributed by atoms with Gasteiger partial charge in [-0.1, -0.05) is 13.3 Å². The Kier molecular flexibility index (Phi) is 6.53. The maximum Gasteiger partial charge on any atom is 0.367 e. The van der Waals surface area contributed by atoms with Gasteiger partial charge in [-0.25, -0.2) is 13.2 Å². The standard InChI is InChI=1S/C9H13F7N2O/c1-2-3-4-17-6(19)5(10)8(13,14)18-9(15,16)7(11)12/h5,7,18H,2-4H2,1H3,(H,17,19). The SMILES string of the molecule is CCCCNC(=O)C(F)C(F)(F)NC(F)(F)C(F)F. The number of halogens is 7. The maximum absolute atomic E-state index is 13.0. The number of unbranched alkanes of at least 4 members (excludes halogenated alkanes) is 1. The Morgan fingerprint density at radius 1 is 1.11 bits per heavy atom. The summed E-state index contributed by atoms with van der Waals surface area (Å²) >= 11 is 0. The Balaban J connectivity index is 4.58. The van der Waals surface area contributed by atoms with Crippen LogP contribution in [0.1, 0.15) is 19.8 Å². The molecule has 1 atom stereocenters. The van der Waals surface area contributed by atoms with Crippen LogP contribution in [0.2, 0.25) is 0 Å². The van der Waals surface area contributed by atoms with Crippen molar-refractivity contribution in [3.8, 4) is 0 Å². The summed E-state index contributed by atoms with van der Waals surface area (Å²) in [5.41, 5.74) is 0. The van der Waals surface area contributed by atoms with Crippen molar-refractivity contribution in [2.45, 2.75) is 44.5 Å². The minimum atomic E-state index is -5.31. The predicted molar refractivity (Wildman–Crippen MR) is 51.8 cm³/mol. The molecule has 0 fully saturated rings. The van der Waals surface area contributed by atoms with Gasteiger partial charge in [0.25, 0.3) is 12.1 Å². The number of hydrogen-bond acceptors (Lipinski definition) is 2. The van der Waals surface area contributed by atoms with Crippen molar-refractivity contribution in [2.24, 2.45) is 0 Å². The molecule has 0 radical (unpaired) electrons. The van der Waals surface area contributed by atoms with Gasteiger partial charge in [-0.15, -0.1) is 0 Å². The van der Waals surface area contributed by atoms with Crippen LogP contribution in [0.3, 0.4) is 0 Å². The highest BCUT2D eigenvalue weighted by Crippen LogP contribution is 2.28. The van der Waals surface area contributed by atoms with Crippen LogP contribution in [-0.4, -0.2) is 37.1 Å². The van der Waals surface area contributed by atoms with E-state index in [1.165, 1.54) is 0 Å². The molecule has 0 aromatic heterocycles. The average Bonchev–Trinajstić information content (AvgIpc) is 2.26. The Bertz CT molecular complexity index is 298. The van der Waals surface area contributed by atoms with Crippen LogP contribution in [-0.2, 0) is 4.79 Å². The first-order valence-electron chi connectivity index (χ1n) is 5.29. The molecule has 3 nitrogen and oxygen atoms in total. The van der Waals surface area contributed by atoms with Crippen LogP contribution in [0.25, 0.3) is 0 Å². The number of rotatable bonds is 8. The second-order valence-corrected chi connectivity index (χ2v) is 3.68. The number of nitrogens with one attached hydrogen (secondary N) is 2. The molecule has 0 rings (SSSR count). The monoisotopic (exact) mass is 298 g/mol. The summed E-state index contributed by atoms with van der Waals surface area (Å²) in [6, 6.07) is -10.4. The topological polar surface area (TPSA) is 41.1 Å². The van der Waals surface area contributed by atoms with Crippen molar-refractivity contribution < 1.29 is 35.5 Å². The van der Waals surface area contributed by atoms with E-state index in [2.05, 4.69) is 0 Å². The first-order chi connectivity index (χ1) is 8.54. The quantitative estimate of drug-likeness (QED) is 0.410. The maximum atomic E-state index is 13.0. The molecule has 1 amide bonds. The molecule has 2 N–H and O–H groups in total. The molecule has 0 aromatic rings. The fourth-order valence-electron chi connectivity index (χ4n) is 0.983. The van der Waals surface area contributed by atoms with Gasteiger partial charge in [0.05, 0.1) is 0 Å². The summed E-state index contributed by atoms with van der Waals surface area (Å²) < 4.78 is 86.8. The molecular formula is C9H13F7N2O. The van der Waals surface area contributed by atoms with Crippen molar-refractivity contribution in [1.82, 2.24) is 10.6 Å².